The van der Waals surface area contributed by atoms with Gasteiger partial charge in [0.05, 0.1) is 0 Å². The standard InChI is InChI=1S/C14H20ClNO/c1-2-13(10-11-15)16-14(17)9-8-12-6-4-3-5-7-12/h3-7,13H,2,8-11H2,1H3,(H,16,17). The zero-order valence-electron chi connectivity index (χ0n) is 10.3. The lowest BCUT2D eigenvalue weighted by atomic mass is 10.1. The molecule has 94 valence electrons. The Morgan fingerprint density at radius 3 is 2.65 bits per heavy atom. The minimum atomic E-state index is 0.116. The molecule has 0 heterocycles. The molecule has 0 aliphatic carbocycles. The van der Waals surface area contributed by atoms with Crippen LogP contribution in [0.4, 0.5) is 0 Å². The molecule has 17 heavy (non-hydrogen) atoms. The third-order valence-corrected chi connectivity index (χ3v) is 3.02. The fourth-order valence-corrected chi connectivity index (χ4v) is 1.98. The monoisotopic (exact) mass is 253 g/mol. The van der Waals surface area contributed by atoms with Gasteiger partial charge < -0.3 is 5.32 Å². The topological polar surface area (TPSA) is 29.1 Å². The summed E-state index contributed by atoms with van der Waals surface area (Å²) in [6.45, 7) is 2.06. The van der Waals surface area contributed by atoms with E-state index in [0.717, 1.165) is 19.3 Å². The van der Waals surface area contributed by atoms with E-state index in [9.17, 15) is 4.79 Å². The van der Waals surface area contributed by atoms with Crippen molar-refractivity contribution in [3.8, 4) is 0 Å². The summed E-state index contributed by atoms with van der Waals surface area (Å²) >= 11 is 5.68. The molecule has 1 rings (SSSR count). The maximum absolute atomic E-state index is 11.7. The third kappa shape index (κ3) is 5.73. The first-order valence-corrected chi connectivity index (χ1v) is 6.69. The number of halogens is 1. The molecular formula is C14H20ClNO. The summed E-state index contributed by atoms with van der Waals surface area (Å²) in [5.41, 5.74) is 1.20. The van der Waals surface area contributed by atoms with Crippen molar-refractivity contribution in [3.63, 3.8) is 0 Å². The summed E-state index contributed by atoms with van der Waals surface area (Å²) in [4.78, 5) is 11.7. The number of rotatable bonds is 7. The highest BCUT2D eigenvalue weighted by Gasteiger charge is 2.09. The number of carbonyl (C=O) groups excluding carboxylic acids is 1. The fraction of sp³-hybridized carbons (Fsp3) is 0.500. The second-order valence-electron chi connectivity index (χ2n) is 4.14. The van der Waals surface area contributed by atoms with Crippen LogP contribution in [0.25, 0.3) is 0 Å². The maximum atomic E-state index is 11.7. The van der Waals surface area contributed by atoms with Crippen molar-refractivity contribution in [2.24, 2.45) is 0 Å². The first-order chi connectivity index (χ1) is 8.26. The highest BCUT2D eigenvalue weighted by Crippen LogP contribution is 2.04. The molecule has 1 aromatic rings. The van der Waals surface area contributed by atoms with Crippen molar-refractivity contribution < 1.29 is 4.79 Å². The summed E-state index contributed by atoms with van der Waals surface area (Å²) in [7, 11) is 0. The van der Waals surface area contributed by atoms with Crippen LogP contribution in [-0.2, 0) is 11.2 Å². The Morgan fingerprint density at radius 2 is 2.06 bits per heavy atom. The van der Waals surface area contributed by atoms with Gasteiger partial charge in [-0.3, -0.25) is 4.79 Å². The number of aryl methyl sites for hydroxylation is 1. The van der Waals surface area contributed by atoms with E-state index in [4.69, 9.17) is 11.6 Å². The molecule has 3 heteroatoms. The molecule has 1 N–H and O–H groups in total. The molecule has 0 saturated heterocycles. The lowest BCUT2D eigenvalue weighted by molar-refractivity contribution is -0.121. The zero-order valence-corrected chi connectivity index (χ0v) is 11.0. The van der Waals surface area contributed by atoms with Crippen LogP contribution in [0.2, 0.25) is 0 Å². The molecule has 0 bridgehead atoms. The Bertz CT molecular complexity index is 326. The molecule has 0 aromatic heterocycles. The van der Waals surface area contributed by atoms with Gasteiger partial charge in [0.1, 0.15) is 0 Å². The van der Waals surface area contributed by atoms with Gasteiger partial charge in [0, 0.05) is 18.3 Å². The number of carbonyl (C=O) groups is 1. The molecule has 2 nitrogen and oxygen atoms in total. The van der Waals surface area contributed by atoms with Gasteiger partial charge in [-0.05, 0) is 24.8 Å². The molecule has 0 saturated carbocycles. The Balaban J connectivity index is 2.30. The minimum absolute atomic E-state index is 0.116. The molecule has 1 atom stereocenters. The van der Waals surface area contributed by atoms with E-state index < -0.39 is 0 Å². The second kappa shape index (κ2) is 8.13. The lowest BCUT2D eigenvalue weighted by Gasteiger charge is -2.15. The van der Waals surface area contributed by atoms with Crippen LogP contribution >= 0.6 is 11.6 Å². The van der Waals surface area contributed by atoms with E-state index in [0.29, 0.717) is 12.3 Å². The Morgan fingerprint density at radius 1 is 1.35 bits per heavy atom. The summed E-state index contributed by atoms with van der Waals surface area (Å²) in [5, 5.41) is 3.01. The first-order valence-electron chi connectivity index (χ1n) is 6.15. The van der Waals surface area contributed by atoms with Crippen LogP contribution in [0.3, 0.4) is 0 Å². The third-order valence-electron chi connectivity index (χ3n) is 2.80. The highest BCUT2D eigenvalue weighted by molar-refractivity contribution is 6.17. The average molecular weight is 254 g/mol. The highest BCUT2D eigenvalue weighted by atomic mass is 35.5. The van der Waals surface area contributed by atoms with E-state index in [2.05, 4.69) is 12.2 Å². The Hall–Kier alpha value is -1.02. The molecule has 0 fully saturated rings. The summed E-state index contributed by atoms with van der Waals surface area (Å²) in [6.07, 6.45) is 3.12. The van der Waals surface area contributed by atoms with Crippen molar-refractivity contribution in [2.75, 3.05) is 5.88 Å². The van der Waals surface area contributed by atoms with Gasteiger partial charge in [-0.2, -0.15) is 0 Å². The molecule has 1 unspecified atom stereocenters. The smallest absolute Gasteiger partial charge is 0.220 e. The normalized spacial score (nSPS) is 12.1. The predicted octanol–water partition coefficient (Wildman–Crippen LogP) is 3.14. The molecule has 0 aliphatic rings. The van der Waals surface area contributed by atoms with Crippen LogP contribution in [0.15, 0.2) is 30.3 Å². The zero-order chi connectivity index (χ0) is 12.5. The van der Waals surface area contributed by atoms with Gasteiger partial charge in [0.2, 0.25) is 5.91 Å². The van der Waals surface area contributed by atoms with Crippen LogP contribution in [0, 0.1) is 0 Å². The molecule has 1 aromatic carbocycles. The number of hydrogen-bond acceptors (Lipinski definition) is 1. The van der Waals surface area contributed by atoms with Gasteiger partial charge in [0.25, 0.3) is 0 Å². The van der Waals surface area contributed by atoms with Gasteiger partial charge in [-0.1, -0.05) is 37.3 Å². The van der Waals surface area contributed by atoms with Crippen molar-refractivity contribution in [2.45, 2.75) is 38.6 Å². The van der Waals surface area contributed by atoms with E-state index in [1.165, 1.54) is 5.56 Å². The SMILES string of the molecule is CCC(CCCl)NC(=O)CCc1ccccc1. The predicted molar refractivity (Wildman–Crippen MR) is 72.3 cm³/mol. The second-order valence-corrected chi connectivity index (χ2v) is 4.51. The molecular weight excluding hydrogens is 234 g/mol. The van der Waals surface area contributed by atoms with Crippen LogP contribution in [0.5, 0.6) is 0 Å². The molecule has 0 spiro atoms. The van der Waals surface area contributed by atoms with Crippen LogP contribution < -0.4 is 5.32 Å². The lowest BCUT2D eigenvalue weighted by Crippen LogP contribution is -2.34. The first kappa shape index (κ1) is 14.0. The van der Waals surface area contributed by atoms with Gasteiger partial charge in [0.15, 0.2) is 0 Å². The van der Waals surface area contributed by atoms with Gasteiger partial charge in [-0.25, -0.2) is 0 Å². The van der Waals surface area contributed by atoms with E-state index >= 15 is 0 Å². The van der Waals surface area contributed by atoms with Gasteiger partial charge in [-0.15, -0.1) is 11.6 Å². The van der Waals surface area contributed by atoms with Crippen molar-refractivity contribution in [1.29, 1.82) is 0 Å². The maximum Gasteiger partial charge on any atom is 0.220 e. The minimum Gasteiger partial charge on any atom is -0.353 e. The van der Waals surface area contributed by atoms with Crippen LogP contribution in [-0.4, -0.2) is 17.8 Å². The number of amides is 1. The van der Waals surface area contributed by atoms with E-state index in [-0.39, 0.29) is 11.9 Å². The number of nitrogens with one attached hydrogen (secondary N) is 1. The summed E-state index contributed by atoms with van der Waals surface area (Å²) in [5.74, 6) is 0.711. The van der Waals surface area contributed by atoms with Crippen molar-refractivity contribution in [1.82, 2.24) is 5.32 Å². The molecule has 0 radical (unpaired) electrons. The van der Waals surface area contributed by atoms with Crippen molar-refractivity contribution in [3.05, 3.63) is 35.9 Å². The average Bonchev–Trinajstić information content (AvgIpc) is 2.37. The quantitative estimate of drug-likeness (QED) is 0.744. The van der Waals surface area contributed by atoms with Crippen molar-refractivity contribution >= 4 is 17.5 Å². The Labute approximate surface area is 108 Å². The van der Waals surface area contributed by atoms with E-state index in [1.54, 1.807) is 0 Å². The van der Waals surface area contributed by atoms with Gasteiger partial charge >= 0.3 is 0 Å². The number of benzene rings is 1. The summed E-state index contributed by atoms with van der Waals surface area (Å²) < 4.78 is 0. The largest absolute Gasteiger partial charge is 0.353 e. The number of alkyl halides is 1. The van der Waals surface area contributed by atoms with E-state index in [1.807, 2.05) is 30.3 Å². The molecule has 1 amide bonds. The summed E-state index contributed by atoms with van der Waals surface area (Å²) in [6, 6.07) is 10.3. The number of hydrogen-bond donors (Lipinski definition) is 1. The van der Waals surface area contributed by atoms with Crippen LogP contribution in [0.1, 0.15) is 31.7 Å². The molecule has 0 aliphatic heterocycles. The Kier molecular flexibility index (Phi) is 6.71. The fourth-order valence-electron chi connectivity index (χ4n) is 1.71.